The molecule has 0 aromatic heterocycles. The minimum atomic E-state index is -0.221. The molecule has 0 aliphatic heterocycles. The van der Waals surface area contributed by atoms with Gasteiger partial charge in [0.15, 0.2) is 0 Å². The fourth-order valence-corrected chi connectivity index (χ4v) is 2.93. The van der Waals surface area contributed by atoms with Gasteiger partial charge in [-0.05, 0) is 34.7 Å². The van der Waals surface area contributed by atoms with Gasteiger partial charge in [0, 0.05) is 22.8 Å². The lowest BCUT2D eigenvalue weighted by atomic mass is 9.87. The van der Waals surface area contributed by atoms with Gasteiger partial charge in [0.25, 0.3) is 0 Å². The van der Waals surface area contributed by atoms with Crippen LogP contribution in [0.5, 0.6) is 0 Å². The molecule has 0 spiro atoms. The molecular weight excluding hydrogens is 281 g/mol. The first-order chi connectivity index (χ1) is 9.90. The number of hydrogen-bond donors (Lipinski definition) is 1. The Hall–Kier alpha value is -1.32. The second-order valence-electron chi connectivity index (χ2n) is 6.19. The van der Waals surface area contributed by atoms with Crippen molar-refractivity contribution in [2.24, 2.45) is 5.73 Å². The summed E-state index contributed by atoms with van der Waals surface area (Å²) in [4.78, 5) is 1.22. The highest BCUT2D eigenvalue weighted by molar-refractivity contribution is 7.98. The topological polar surface area (TPSA) is 26.0 Å². The highest BCUT2D eigenvalue weighted by atomic mass is 32.2. The van der Waals surface area contributed by atoms with E-state index in [1.165, 1.54) is 16.5 Å². The maximum Gasteiger partial charge on any atom is 0.127 e. The van der Waals surface area contributed by atoms with Crippen LogP contribution in [-0.4, -0.2) is 0 Å². The molecule has 0 radical (unpaired) electrons. The maximum absolute atomic E-state index is 13.4. The lowest BCUT2D eigenvalue weighted by molar-refractivity contribution is 0.590. The molecule has 3 heteroatoms. The van der Waals surface area contributed by atoms with Crippen molar-refractivity contribution in [1.82, 2.24) is 0 Å². The van der Waals surface area contributed by atoms with E-state index >= 15 is 0 Å². The first-order valence-electron chi connectivity index (χ1n) is 7.11. The molecule has 0 saturated carbocycles. The van der Waals surface area contributed by atoms with Gasteiger partial charge in [0.1, 0.15) is 5.82 Å². The van der Waals surface area contributed by atoms with E-state index in [-0.39, 0.29) is 17.8 Å². The predicted molar refractivity (Wildman–Crippen MR) is 89.0 cm³/mol. The van der Waals surface area contributed by atoms with Crippen molar-refractivity contribution >= 4 is 11.8 Å². The van der Waals surface area contributed by atoms with Gasteiger partial charge < -0.3 is 5.73 Å². The van der Waals surface area contributed by atoms with Crippen LogP contribution in [0.4, 0.5) is 4.39 Å². The van der Waals surface area contributed by atoms with Crippen molar-refractivity contribution in [3.8, 4) is 0 Å². The Morgan fingerprint density at radius 1 is 1.05 bits per heavy atom. The minimum Gasteiger partial charge on any atom is -0.326 e. The monoisotopic (exact) mass is 303 g/mol. The molecule has 1 nitrogen and oxygen atoms in total. The number of benzene rings is 2. The quantitative estimate of drug-likeness (QED) is 0.815. The van der Waals surface area contributed by atoms with Crippen molar-refractivity contribution < 1.29 is 4.39 Å². The molecule has 21 heavy (non-hydrogen) atoms. The van der Waals surface area contributed by atoms with E-state index in [4.69, 9.17) is 5.73 Å². The van der Waals surface area contributed by atoms with Crippen LogP contribution in [0.3, 0.4) is 0 Å². The van der Waals surface area contributed by atoms with Crippen LogP contribution in [-0.2, 0) is 17.7 Å². The second-order valence-corrected chi connectivity index (χ2v) is 7.24. The normalized spacial score (nSPS) is 11.7. The van der Waals surface area contributed by atoms with Gasteiger partial charge in [0.2, 0.25) is 0 Å². The third kappa shape index (κ3) is 4.32. The molecule has 0 amide bonds. The molecule has 2 aromatic rings. The summed E-state index contributed by atoms with van der Waals surface area (Å²) in [5.41, 5.74) is 8.73. The lowest BCUT2D eigenvalue weighted by Gasteiger charge is -2.19. The van der Waals surface area contributed by atoms with E-state index in [1.807, 2.05) is 12.1 Å². The summed E-state index contributed by atoms with van der Waals surface area (Å²) in [6.45, 7) is 6.87. The Balaban J connectivity index is 2.03. The summed E-state index contributed by atoms with van der Waals surface area (Å²) >= 11 is 1.75. The van der Waals surface area contributed by atoms with Gasteiger partial charge >= 0.3 is 0 Å². The summed E-state index contributed by atoms with van der Waals surface area (Å²) in [6, 6.07) is 13.8. The van der Waals surface area contributed by atoms with Crippen molar-refractivity contribution in [2.45, 2.75) is 43.4 Å². The molecule has 0 unspecified atom stereocenters. The van der Waals surface area contributed by atoms with Crippen molar-refractivity contribution in [1.29, 1.82) is 0 Å². The minimum absolute atomic E-state index is 0.177. The Morgan fingerprint density at radius 2 is 1.71 bits per heavy atom. The van der Waals surface area contributed by atoms with E-state index in [9.17, 15) is 4.39 Å². The molecule has 2 rings (SSSR count). The van der Waals surface area contributed by atoms with Gasteiger partial charge in [-0.1, -0.05) is 45.0 Å². The van der Waals surface area contributed by atoms with E-state index in [2.05, 4.69) is 45.0 Å². The van der Waals surface area contributed by atoms with E-state index in [1.54, 1.807) is 11.8 Å². The van der Waals surface area contributed by atoms with Crippen LogP contribution in [0.2, 0.25) is 0 Å². The Labute approximate surface area is 130 Å². The third-order valence-corrected chi connectivity index (χ3v) is 4.54. The summed E-state index contributed by atoms with van der Waals surface area (Å²) in [6.07, 6.45) is 0. The van der Waals surface area contributed by atoms with Crippen molar-refractivity contribution in [3.63, 3.8) is 0 Å². The molecule has 0 heterocycles. The number of halogens is 1. The molecule has 0 aliphatic rings. The summed E-state index contributed by atoms with van der Waals surface area (Å²) < 4.78 is 13.4. The Kier molecular flexibility index (Phi) is 5.07. The van der Waals surface area contributed by atoms with Crippen LogP contribution in [0, 0.1) is 5.82 Å². The highest BCUT2D eigenvalue weighted by Gasteiger charge is 2.12. The average Bonchev–Trinajstić information content (AvgIpc) is 2.46. The second kappa shape index (κ2) is 6.63. The maximum atomic E-state index is 13.4. The largest absolute Gasteiger partial charge is 0.326 e. The Morgan fingerprint density at radius 3 is 2.29 bits per heavy atom. The molecule has 112 valence electrons. The zero-order valence-electron chi connectivity index (χ0n) is 12.8. The van der Waals surface area contributed by atoms with E-state index in [0.29, 0.717) is 5.56 Å². The molecule has 0 saturated heterocycles. The SMILES string of the molecule is CC(C)(C)c1ccc(SCc2ccc(F)c(CN)c2)cc1. The molecular formula is C18H22FNS. The lowest BCUT2D eigenvalue weighted by Crippen LogP contribution is -2.10. The molecule has 2 aromatic carbocycles. The fraction of sp³-hybridized carbons (Fsp3) is 0.333. The first-order valence-corrected chi connectivity index (χ1v) is 8.09. The van der Waals surface area contributed by atoms with Crippen LogP contribution in [0.1, 0.15) is 37.5 Å². The average molecular weight is 303 g/mol. The van der Waals surface area contributed by atoms with Gasteiger partial charge in [-0.3, -0.25) is 0 Å². The van der Waals surface area contributed by atoms with E-state index in [0.717, 1.165) is 11.3 Å². The number of nitrogens with two attached hydrogens (primary N) is 1. The molecule has 2 N–H and O–H groups in total. The van der Waals surface area contributed by atoms with Crippen molar-refractivity contribution in [2.75, 3.05) is 0 Å². The molecule has 0 fully saturated rings. The van der Waals surface area contributed by atoms with Gasteiger partial charge in [-0.25, -0.2) is 4.39 Å². The van der Waals surface area contributed by atoms with Crippen molar-refractivity contribution in [3.05, 3.63) is 65.0 Å². The van der Waals surface area contributed by atoms with Crippen LogP contribution in [0.15, 0.2) is 47.4 Å². The van der Waals surface area contributed by atoms with Gasteiger partial charge in [-0.15, -0.1) is 11.8 Å². The van der Waals surface area contributed by atoms with Gasteiger partial charge in [-0.2, -0.15) is 0 Å². The van der Waals surface area contributed by atoms with Gasteiger partial charge in [0.05, 0.1) is 0 Å². The zero-order valence-corrected chi connectivity index (χ0v) is 13.6. The van der Waals surface area contributed by atoms with E-state index < -0.39 is 0 Å². The smallest absolute Gasteiger partial charge is 0.127 e. The molecule has 0 atom stereocenters. The zero-order chi connectivity index (χ0) is 15.5. The summed E-state index contributed by atoms with van der Waals surface area (Å²) in [5, 5.41) is 0. The fourth-order valence-electron chi connectivity index (χ4n) is 2.09. The van der Waals surface area contributed by atoms with Crippen LogP contribution < -0.4 is 5.73 Å². The van der Waals surface area contributed by atoms with Crippen LogP contribution in [0.25, 0.3) is 0 Å². The summed E-state index contributed by atoms with van der Waals surface area (Å²) in [7, 11) is 0. The highest BCUT2D eigenvalue weighted by Crippen LogP contribution is 2.27. The predicted octanol–water partition coefficient (Wildman–Crippen LogP) is 4.87. The van der Waals surface area contributed by atoms with Crippen LogP contribution >= 0.6 is 11.8 Å². The number of hydrogen-bond acceptors (Lipinski definition) is 2. The summed E-state index contributed by atoms with van der Waals surface area (Å²) in [5.74, 6) is 0.600. The Bertz CT molecular complexity index is 600. The number of rotatable bonds is 4. The molecule has 0 aliphatic carbocycles. The number of thioether (sulfide) groups is 1. The first kappa shape index (κ1) is 16.1. The molecule has 0 bridgehead atoms. The standard InChI is InChI=1S/C18H22FNS/c1-18(2,3)15-5-7-16(8-6-15)21-12-13-4-9-17(19)14(10-13)11-20/h4-10H,11-12,20H2,1-3H3. The third-order valence-electron chi connectivity index (χ3n) is 3.46.